The molecule has 1 N–H and O–H groups in total. The zero-order chi connectivity index (χ0) is 22.7. The number of amides is 2. The zero-order valence-corrected chi connectivity index (χ0v) is 17.6. The highest BCUT2D eigenvalue weighted by Gasteiger charge is 2.32. The van der Waals surface area contributed by atoms with Crippen LogP contribution < -0.4 is 15.1 Å². The summed E-state index contributed by atoms with van der Waals surface area (Å²) in [4.78, 5) is 43.7. The maximum Gasteiger partial charge on any atom is 0.433 e. The van der Waals surface area contributed by atoms with E-state index in [1.165, 1.54) is 17.9 Å². The minimum absolute atomic E-state index is 0.170. The third-order valence-corrected chi connectivity index (χ3v) is 5.40. The number of ether oxygens (including phenoxy) is 1. The second-order valence-electron chi connectivity index (χ2n) is 7.69. The average molecular weight is 444 g/mol. The lowest BCUT2D eigenvalue weighted by atomic mass is 10.2. The van der Waals surface area contributed by atoms with E-state index in [0.717, 1.165) is 32.0 Å². The molecule has 4 rings (SSSR count). The van der Waals surface area contributed by atoms with Crippen molar-refractivity contribution in [3.63, 3.8) is 0 Å². The normalized spacial score (nSPS) is 19.2. The molecule has 2 amide bonds. The summed E-state index contributed by atoms with van der Waals surface area (Å²) in [6, 6.07) is 6.71. The van der Waals surface area contributed by atoms with Gasteiger partial charge in [0.15, 0.2) is 0 Å². The van der Waals surface area contributed by atoms with E-state index < -0.39 is 17.1 Å². The van der Waals surface area contributed by atoms with E-state index >= 15 is 0 Å². The Morgan fingerprint density at radius 3 is 2.66 bits per heavy atom. The van der Waals surface area contributed by atoms with Gasteiger partial charge in [-0.1, -0.05) is 0 Å². The molecule has 32 heavy (non-hydrogen) atoms. The summed E-state index contributed by atoms with van der Waals surface area (Å²) in [6.07, 6.45) is 0.794. The van der Waals surface area contributed by atoms with Crippen molar-refractivity contribution in [3.05, 3.63) is 46.3 Å². The fourth-order valence-corrected chi connectivity index (χ4v) is 3.73. The lowest BCUT2D eigenvalue weighted by Gasteiger charge is -2.35. The maximum atomic E-state index is 12.1. The Morgan fingerprint density at radius 1 is 1.25 bits per heavy atom. The molecule has 1 atom stereocenters. The molecule has 170 valence electrons. The van der Waals surface area contributed by atoms with Crippen molar-refractivity contribution in [2.75, 3.05) is 49.1 Å². The number of piperazine rings is 1. The van der Waals surface area contributed by atoms with Gasteiger partial charge in [-0.2, -0.15) is 0 Å². The Balaban J connectivity index is 1.29. The molecule has 2 saturated heterocycles. The standard InChI is InChI=1S/C20H24N6O6/c1-14(27)21-11-17-13-25(20(28)32-17)15-2-4-18(22-10-15)24-8-6-23(7-9-24)12-16-3-5-19(31-16)26(29)30/h2-5,10,17H,6-9,11-13H2,1H3,(H,21,27). The van der Waals surface area contributed by atoms with E-state index in [9.17, 15) is 19.7 Å². The maximum absolute atomic E-state index is 12.1. The molecule has 0 spiro atoms. The van der Waals surface area contributed by atoms with Crippen LogP contribution in [0.3, 0.4) is 0 Å². The number of rotatable bonds is 7. The van der Waals surface area contributed by atoms with Crippen LogP contribution in [0, 0.1) is 10.1 Å². The number of hydrogen-bond acceptors (Lipinski definition) is 9. The van der Waals surface area contributed by atoms with Gasteiger partial charge < -0.3 is 19.4 Å². The van der Waals surface area contributed by atoms with Crippen molar-refractivity contribution in [3.8, 4) is 0 Å². The van der Waals surface area contributed by atoms with Crippen LogP contribution in [0.5, 0.6) is 0 Å². The highest BCUT2D eigenvalue weighted by molar-refractivity contribution is 5.89. The summed E-state index contributed by atoms with van der Waals surface area (Å²) < 4.78 is 10.5. The molecule has 0 radical (unpaired) electrons. The monoisotopic (exact) mass is 444 g/mol. The first-order chi connectivity index (χ1) is 15.4. The van der Waals surface area contributed by atoms with E-state index in [1.54, 1.807) is 12.3 Å². The first-order valence-electron chi connectivity index (χ1n) is 10.3. The Hall–Kier alpha value is -3.67. The van der Waals surface area contributed by atoms with Gasteiger partial charge in [-0.15, -0.1) is 0 Å². The van der Waals surface area contributed by atoms with Gasteiger partial charge in [-0.25, -0.2) is 9.78 Å². The minimum atomic E-state index is -0.540. The van der Waals surface area contributed by atoms with Crippen molar-refractivity contribution in [1.29, 1.82) is 0 Å². The van der Waals surface area contributed by atoms with E-state index in [2.05, 4.69) is 20.1 Å². The van der Waals surface area contributed by atoms with Crippen molar-refractivity contribution in [2.45, 2.75) is 19.6 Å². The molecule has 0 aromatic carbocycles. The Bertz CT molecular complexity index is 985. The summed E-state index contributed by atoms with van der Waals surface area (Å²) in [5.74, 6) is 0.966. The van der Waals surface area contributed by atoms with Gasteiger partial charge in [-0.3, -0.25) is 24.7 Å². The molecule has 2 aromatic heterocycles. The van der Waals surface area contributed by atoms with Gasteiger partial charge in [0, 0.05) is 33.1 Å². The van der Waals surface area contributed by atoms with Crippen LogP contribution in [0.4, 0.5) is 22.2 Å². The largest absolute Gasteiger partial charge is 0.442 e. The van der Waals surface area contributed by atoms with Gasteiger partial charge in [0.1, 0.15) is 22.6 Å². The fourth-order valence-electron chi connectivity index (χ4n) is 3.73. The molecular weight excluding hydrogens is 420 g/mol. The number of nitrogens with one attached hydrogen (secondary N) is 1. The quantitative estimate of drug-likeness (QED) is 0.496. The van der Waals surface area contributed by atoms with E-state index in [4.69, 9.17) is 9.15 Å². The third-order valence-electron chi connectivity index (χ3n) is 5.40. The lowest BCUT2D eigenvalue weighted by molar-refractivity contribution is -0.402. The van der Waals surface area contributed by atoms with Crippen LogP contribution in [0.25, 0.3) is 0 Å². The second-order valence-corrected chi connectivity index (χ2v) is 7.69. The number of pyridine rings is 1. The molecule has 2 aromatic rings. The van der Waals surface area contributed by atoms with Gasteiger partial charge in [0.2, 0.25) is 5.91 Å². The predicted molar refractivity (Wildman–Crippen MR) is 113 cm³/mol. The first-order valence-corrected chi connectivity index (χ1v) is 10.3. The molecule has 12 nitrogen and oxygen atoms in total. The third kappa shape index (κ3) is 4.97. The zero-order valence-electron chi connectivity index (χ0n) is 17.6. The summed E-state index contributed by atoms with van der Waals surface area (Å²) in [5, 5.41) is 13.4. The first kappa shape index (κ1) is 21.6. The molecule has 0 saturated carbocycles. The van der Waals surface area contributed by atoms with Crippen molar-refractivity contribution in [2.24, 2.45) is 0 Å². The predicted octanol–water partition coefficient (Wildman–Crippen LogP) is 1.37. The van der Waals surface area contributed by atoms with Gasteiger partial charge >= 0.3 is 12.0 Å². The molecule has 1 unspecified atom stereocenters. The van der Waals surface area contributed by atoms with Crippen molar-refractivity contribution >= 4 is 29.4 Å². The van der Waals surface area contributed by atoms with Crippen molar-refractivity contribution in [1.82, 2.24) is 15.2 Å². The van der Waals surface area contributed by atoms with E-state index in [0.29, 0.717) is 24.5 Å². The summed E-state index contributed by atoms with van der Waals surface area (Å²) in [5.41, 5.74) is 0.641. The summed E-state index contributed by atoms with van der Waals surface area (Å²) in [7, 11) is 0. The van der Waals surface area contributed by atoms with Crippen LogP contribution in [-0.2, 0) is 16.1 Å². The molecule has 0 aliphatic carbocycles. The Morgan fingerprint density at radius 2 is 2.03 bits per heavy atom. The fraction of sp³-hybridized carbons (Fsp3) is 0.450. The summed E-state index contributed by atoms with van der Waals surface area (Å²) in [6.45, 7) is 5.59. The number of nitro groups is 1. The average Bonchev–Trinajstić information content (AvgIpc) is 3.40. The van der Waals surface area contributed by atoms with Crippen LogP contribution in [0.1, 0.15) is 12.7 Å². The van der Waals surface area contributed by atoms with Gasteiger partial charge in [0.05, 0.1) is 37.6 Å². The molecule has 2 aliphatic heterocycles. The number of anilines is 2. The number of carbonyl (C=O) groups excluding carboxylic acids is 2. The Kier molecular flexibility index (Phi) is 6.21. The molecular formula is C20H24N6O6. The smallest absolute Gasteiger partial charge is 0.433 e. The molecule has 4 heterocycles. The number of hydrogen-bond donors (Lipinski definition) is 1. The highest BCUT2D eigenvalue weighted by atomic mass is 16.6. The van der Waals surface area contributed by atoms with Gasteiger partial charge in [-0.05, 0) is 18.2 Å². The second kappa shape index (κ2) is 9.22. The van der Waals surface area contributed by atoms with E-state index in [-0.39, 0.29) is 18.3 Å². The minimum Gasteiger partial charge on any atom is -0.442 e. The number of cyclic esters (lactones) is 1. The number of furan rings is 1. The molecule has 2 aliphatic rings. The summed E-state index contributed by atoms with van der Waals surface area (Å²) >= 11 is 0. The van der Waals surface area contributed by atoms with Gasteiger partial charge in [0.25, 0.3) is 0 Å². The van der Waals surface area contributed by atoms with Crippen LogP contribution in [-0.4, -0.2) is 72.2 Å². The van der Waals surface area contributed by atoms with Crippen LogP contribution in [0.2, 0.25) is 0 Å². The van der Waals surface area contributed by atoms with Crippen LogP contribution in [0.15, 0.2) is 34.9 Å². The van der Waals surface area contributed by atoms with Crippen molar-refractivity contribution < 1.29 is 23.7 Å². The highest BCUT2D eigenvalue weighted by Crippen LogP contribution is 2.24. The SMILES string of the molecule is CC(=O)NCC1CN(c2ccc(N3CCN(Cc4ccc([N+](=O)[O-])o4)CC3)nc2)C(=O)O1. The molecule has 0 bridgehead atoms. The Labute approximate surface area is 183 Å². The molecule has 2 fully saturated rings. The lowest BCUT2D eigenvalue weighted by Crippen LogP contribution is -2.46. The van der Waals surface area contributed by atoms with Crippen LogP contribution >= 0.6 is 0 Å². The van der Waals surface area contributed by atoms with E-state index in [1.807, 2.05) is 12.1 Å². The topological polar surface area (TPSA) is 134 Å². The molecule has 12 heteroatoms. The number of nitrogens with zero attached hydrogens (tertiary/aromatic N) is 5. The number of aromatic nitrogens is 1. The number of carbonyl (C=O) groups is 2.